The van der Waals surface area contributed by atoms with E-state index in [2.05, 4.69) is 22.8 Å². The highest BCUT2D eigenvalue weighted by molar-refractivity contribution is 5.99. The Balaban J connectivity index is 1.55. The molecule has 2 amide bonds. The predicted octanol–water partition coefficient (Wildman–Crippen LogP) is 4.15. The Kier molecular flexibility index (Phi) is 5.67. The molecule has 1 heterocycles. The van der Waals surface area contributed by atoms with Gasteiger partial charge in [0, 0.05) is 19.3 Å². The highest BCUT2D eigenvalue weighted by Crippen LogP contribution is 2.24. The van der Waals surface area contributed by atoms with Gasteiger partial charge in [0.2, 0.25) is 11.8 Å². The summed E-state index contributed by atoms with van der Waals surface area (Å²) in [6.45, 7) is 0. The van der Waals surface area contributed by atoms with Crippen LogP contribution in [-0.2, 0) is 16.0 Å². The Morgan fingerprint density at radius 2 is 1.80 bits per heavy atom. The Morgan fingerprint density at radius 3 is 2.44 bits per heavy atom. The second kappa shape index (κ2) is 8.33. The molecule has 1 aromatic heterocycles. The van der Waals surface area contributed by atoms with Gasteiger partial charge in [0.1, 0.15) is 5.76 Å². The van der Waals surface area contributed by atoms with E-state index in [1.165, 1.54) is 0 Å². The summed E-state index contributed by atoms with van der Waals surface area (Å²) in [6.07, 6.45) is 9.21. The number of amides is 2. The first-order valence-electron chi connectivity index (χ1n) is 8.58. The van der Waals surface area contributed by atoms with Gasteiger partial charge in [-0.15, -0.1) is 0 Å². The van der Waals surface area contributed by atoms with E-state index in [1.54, 1.807) is 24.5 Å². The van der Waals surface area contributed by atoms with E-state index in [0.29, 0.717) is 36.6 Å². The molecule has 0 bridgehead atoms. The summed E-state index contributed by atoms with van der Waals surface area (Å²) in [7, 11) is 0. The number of benzene rings is 1. The van der Waals surface area contributed by atoms with E-state index in [4.69, 9.17) is 4.42 Å². The molecule has 5 heteroatoms. The topological polar surface area (TPSA) is 71.3 Å². The Morgan fingerprint density at radius 1 is 1.04 bits per heavy atom. The fourth-order valence-electron chi connectivity index (χ4n) is 2.91. The van der Waals surface area contributed by atoms with Crippen LogP contribution in [0, 0.1) is 5.92 Å². The van der Waals surface area contributed by atoms with Gasteiger partial charge >= 0.3 is 0 Å². The number of carbonyl (C=O) groups excluding carboxylic acids is 2. The molecule has 0 aliphatic heterocycles. The molecule has 25 heavy (non-hydrogen) atoms. The van der Waals surface area contributed by atoms with Gasteiger partial charge in [-0.3, -0.25) is 9.59 Å². The number of aryl methyl sites for hydroxylation is 1. The van der Waals surface area contributed by atoms with Crippen LogP contribution in [0.1, 0.15) is 31.4 Å². The normalized spacial score (nSPS) is 15.9. The lowest BCUT2D eigenvalue weighted by molar-refractivity contribution is -0.117. The number of carbonyl (C=O) groups is 2. The van der Waals surface area contributed by atoms with Crippen molar-refractivity contribution < 1.29 is 14.0 Å². The highest BCUT2D eigenvalue weighted by atomic mass is 16.3. The molecular weight excluding hydrogens is 316 g/mol. The summed E-state index contributed by atoms with van der Waals surface area (Å²) in [4.78, 5) is 24.4. The van der Waals surface area contributed by atoms with Crippen LogP contribution < -0.4 is 10.6 Å². The number of nitrogens with one attached hydrogen (secondary N) is 2. The van der Waals surface area contributed by atoms with Gasteiger partial charge in [-0.05, 0) is 43.0 Å². The largest absolute Gasteiger partial charge is 0.469 e. The molecule has 3 rings (SSSR count). The zero-order valence-electron chi connectivity index (χ0n) is 14.0. The van der Waals surface area contributed by atoms with E-state index >= 15 is 0 Å². The molecule has 5 nitrogen and oxygen atoms in total. The van der Waals surface area contributed by atoms with E-state index in [0.717, 1.165) is 18.6 Å². The van der Waals surface area contributed by atoms with Crippen molar-refractivity contribution in [1.82, 2.24) is 0 Å². The van der Waals surface area contributed by atoms with Crippen molar-refractivity contribution in [3.63, 3.8) is 0 Å². The standard InChI is InChI=1S/C20H22N2O3/c23-19(12-11-16-8-5-13-25-16)21-17-9-3-4-10-18(17)22-20(24)14-15-6-1-2-7-15/h1,3-6,8-10,13,15H,2,7,11-12,14H2,(H,21,23)(H,22,24). The quantitative estimate of drug-likeness (QED) is 0.745. The van der Waals surface area contributed by atoms with Crippen molar-refractivity contribution in [2.24, 2.45) is 5.92 Å². The maximum absolute atomic E-state index is 12.2. The average molecular weight is 338 g/mol. The van der Waals surface area contributed by atoms with E-state index in [1.807, 2.05) is 18.2 Å². The van der Waals surface area contributed by atoms with Crippen LogP contribution in [0.5, 0.6) is 0 Å². The second-order valence-corrected chi connectivity index (χ2v) is 6.19. The molecular formula is C20H22N2O3. The van der Waals surface area contributed by atoms with E-state index in [9.17, 15) is 9.59 Å². The molecule has 1 aliphatic carbocycles. The Hall–Kier alpha value is -2.82. The summed E-state index contributed by atoms with van der Waals surface area (Å²) < 4.78 is 5.23. The van der Waals surface area contributed by atoms with Crippen LogP contribution in [0.4, 0.5) is 11.4 Å². The zero-order chi connectivity index (χ0) is 17.5. The number of para-hydroxylation sites is 2. The van der Waals surface area contributed by atoms with Crippen molar-refractivity contribution in [2.75, 3.05) is 10.6 Å². The Bertz CT molecular complexity index is 750. The number of hydrogen-bond donors (Lipinski definition) is 2. The minimum atomic E-state index is -0.114. The van der Waals surface area contributed by atoms with Crippen LogP contribution in [-0.4, -0.2) is 11.8 Å². The minimum Gasteiger partial charge on any atom is -0.469 e. The zero-order valence-corrected chi connectivity index (χ0v) is 14.0. The molecule has 1 atom stereocenters. The monoisotopic (exact) mass is 338 g/mol. The smallest absolute Gasteiger partial charge is 0.225 e. The number of furan rings is 1. The van der Waals surface area contributed by atoms with Gasteiger partial charge in [0.25, 0.3) is 0 Å². The van der Waals surface area contributed by atoms with Crippen LogP contribution in [0.3, 0.4) is 0 Å². The molecule has 0 saturated heterocycles. The van der Waals surface area contributed by atoms with Crippen LogP contribution in [0.25, 0.3) is 0 Å². The van der Waals surface area contributed by atoms with Gasteiger partial charge < -0.3 is 15.1 Å². The molecule has 1 unspecified atom stereocenters. The summed E-state index contributed by atoms with van der Waals surface area (Å²) in [5.74, 6) is 0.946. The summed E-state index contributed by atoms with van der Waals surface area (Å²) in [5.41, 5.74) is 1.24. The van der Waals surface area contributed by atoms with Gasteiger partial charge in [-0.1, -0.05) is 24.3 Å². The first-order chi connectivity index (χ1) is 12.2. The molecule has 0 radical (unpaired) electrons. The van der Waals surface area contributed by atoms with Crippen molar-refractivity contribution in [3.05, 3.63) is 60.6 Å². The summed E-state index contributed by atoms with van der Waals surface area (Å²) in [5, 5.41) is 5.77. The van der Waals surface area contributed by atoms with Gasteiger partial charge in [0.05, 0.1) is 17.6 Å². The SMILES string of the molecule is O=C(CCc1ccco1)Nc1ccccc1NC(=O)CC1C=CCC1. The number of anilines is 2. The third-order valence-electron chi connectivity index (χ3n) is 4.21. The lowest BCUT2D eigenvalue weighted by Gasteiger charge is -2.13. The van der Waals surface area contributed by atoms with Gasteiger partial charge in [-0.25, -0.2) is 0 Å². The molecule has 130 valence electrons. The van der Waals surface area contributed by atoms with Crippen molar-refractivity contribution in [3.8, 4) is 0 Å². The molecule has 0 spiro atoms. The minimum absolute atomic E-state index is 0.0335. The van der Waals surface area contributed by atoms with Gasteiger partial charge in [0.15, 0.2) is 0 Å². The van der Waals surface area contributed by atoms with Crippen molar-refractivity contribution >= 4 is 23.2 Å². The maximum atomic E-state index is 12.2. The van der Waals surface area contributed by atoms with Crippen molar-refractivity contribution in [1.29, 1.82) is 0 Å². The number of hydrogen-bond acceptors (Lipinski definition) is 3. The fourth-order valence-corrected chi connectivity index (χ4v) is 2.91. The Labute approximate surface area is 147 Å². The van der Waals surface area contributed by atoms with Gasteiger partial charge in [-0.2, -0.15) is 0 Å². The molecule has 0 fully saturated rings. The third kappa shape index (κ3) is 5.08. The van der Waals surface area contributed by atoms with Crippen LogP contribution >= 0.6 is 0 Å². The lowest BCUT2D eigenvalue weighted by atomic mass is 10.0. The molecule has 2 aromatic rings. The first-order valence-corrected chi connectivity index (χ1v) is 8.58. The highest BCUT2D eigenvalue weighted by Gasteiger charge is 2.15. The molecule has 2 N–H and O–H groups in total. The average Bonchev–Trinajstić information content (AvgIpc) is 3.28. The molecule has 1 aliphatic rings. The first kappa shape index (κ1) is 17.0. The lowest BCUT2D eigenvalue weighted by Crippen LogP contribution is -2.18. The molecule has 0 saturated carbocycles. The summed E-state index contributed by atoms with van der Waals surface area (Å²) >= 11 is 0. The van der Waals surface area contributed by atoms with Crippen LogP contribution in [0.15, 0.2) is 59.2 Å². The second-order valence-electron chi connectivity index (χ2n) is 6.19. The number of allylic oxidation sites excluding steroid dienone is 2. The van der Waals surface area contributed by atoms with Crippen LogP contribution in [0.2, 0.25) is 0 Å². The maximum Gasteiger partial charge on any atom is 0.225 e. The fraction of sp³-hybridized carbons (Fsp3) is 0.300. The number of rotatable bonds is 7. The predicted molar refractivity (Wildman–Crippen MR) is 97.2 cm³/mol. The summed E-state index contributed by atoms with van der Waals surface area (Å²) in [6, 6.07) is 10.9. The van der Waals surface area contributed by atoms with E-state index in [-0.39, 0.29) is 11.8 Å². The third-order valence-corrected chi connectivity index (χ3v) is 4.21. The molecule has 1 aromatic carbocycles. The van der Waals surface area contributed by atoms with Crippen molar-refractivity contribution in [2.45, 2.75) is 32.1 Å². The van der Waals surface area contributed by atoms with E-state index < -0.39 is 0 Å².